The number of carbonyl (C=O) groups excluding carboxylic acids is 2. The van der Waals surface area contributed by atoms with Gasteiger partial charge < -0.3 is 10.6 Å². The molecule has 2 amide bonds. The van der Waals surface area contributed by atoms with E-state index in [4.69, 9.17) is 0 Å². The van der Waals surface area contributed by atoms with Crippen molar-refractivity contribution in [2.45, 2.75) is 20.3 Å². The van der Waals surface area contributed by atoms with Crippen molar-refractivity contribution in [1.29, 1.82) is 0 Å². The van der Waals surface area contributed by atoms with Crippen molar-refractivity contribution in [3.63, 3.8) is 0 Å². The van der Waals surface area contributed by atoms with Crippen LogP contribution in [0.1, 0.15) is 37.4 Å². The van der Waals surface area contributed by atoms with E-state index in [1.54, 1.807) is 42.5 Å². The Bertz CT molecular complexity index is 1010. The summed E-state index contributed by atoms with van der Waals surface area (Å²) in [5.74, 6) is -0.773. The zero-order chi connectivity index (χ0) is 20.8. The average molecular weight is 390 g/mol. The highest BCUT2D eigenvalue weighted by atomic mass is 19.1. The van der Waals surface area contributed by atoms with E-state index in [1.807, 2.05) is 32.0 Å². The maximum Gasteiger partial charge on any atom is 0.255 e. The van der Waals surface area contributed by atoms with Crippen LogP contribution in [-0.2, 0) is 6.42 Å². The van der Waals surface area contributed by atoms with Crippen molar-refractivity contribution in [1.82, 2.24) is 5.32 Å². The van der Waals surface area contributed by atoms with Gasteiger partial charge >= 0.3 is 0 Å². The number of rotatable bonds is 6. The normalized spacial score (nSPS) is 10.4. The van der Waals surface area contributed by atoms with Crippen LogP contribution in [0.2, 0.25) is 0 Å². The van der Waals surface area contributed by atoms with Crippen LogP contribution in [0.15, 0.2) is 66.7 Å². The molecule has 29 heavy (non-hydrogen) atoms. The fraction of sp³-hybridized carbons (Fsp3) is 0.167. The van der Waals surface area contributed by atoms with E-state index in [0.29, 0.717) is 29.7 Å². The highest BCUT2D eigenvalue weighted by Crippen LogP contribution is 2.15. The first kappa shape index (κ1) is 20.3. The number of anilines is 1. The Labute approximate surface area is 169 Å². The molecule has 0 saturated heterocycles. The van der Waals surface area contributed by atoms with Crippen LogP contribution in [0.3, 0.4) is 0 Å². The van der Waals surface area contributed by atoms with Gasteiger partial charge in [-0.15, -0.1) is 0 Å². The molecule has 0 radical (unpaired) electrons. The summed E-state index contributed by atoms with van der Waals surface area (Å²) in [5.41, 5.74) is 4.35. The number of halogens is 1. The first-order valence-corrected chi connectivity index (χ1v) is 9.44. The predicted molar refractivity (Wildman–Crippen MR) is 113 cm³/mol. The second-order valence-corrected chi connectivity index (χ2v) is 7.01. The van der Waals surface area contributed by atoms with E-state index in [9.17, 15) is 14.0 Å². The van der Waals surface area contributed by atoms with Gasteiger partial charge in [0.25, 0.3) is 11.8 Å². The lowest BCUT2D eigenvalue weighted by Crippen LogP contribution is -2.26. The molecule has 3 aromatic carbocycles. The Kier molecular flexibility index (Phi) is 6.39. The van der Waals surface area contributed by atoms with Gasteiger partial charge in [-0.25, -0.2) is 4.39 Å². The van der Waals surface area contributed by atoms with Crippen molar-refractivity contribution in [3.05, 3.63) is 100 Å². The van der Waals surface area contributed by atoms with Crippen molar-refractivity contribution >= 4 is 17.5 Å². The number of carbonyl (C=O) groups is 2. The standard InChI is InChI=1S/C24H23FN2O2/c1-16-13-17(2)15-21(14-16)27-24(29)20-9-7-19(8-10-20)23(28)26-12-11-18-5-3-4-6-22(18)25/h3-10,13-15H,11-12H2,1-2H3,(H,26,28)(H,27,29). The van der Waals surface area contributed by atoms with Crippen molar-refractivity contribution in [2.24, 2.45) is 0 Å². The summed E-state index contributed by atoms with van der Waals surface area (Å²) in [6.45, 7) is 4.28. The molecule has 0 spiro atoms. The van der Waals surface area contributed by atoms with Crippen LogP contribution in [0.25, 0.3) is 0 Å². The van der Waals surface area contributed by atoms with Crippen LogP contribution in [0, 0.1) is 19.7 Å². The van der Waals surface area contributed by atoms with E-state index >= 15 is 0 Å². The molecule has 2 N–H and O–H groups in total. The molecule has 0 heterocycles. The highest BCUT2D eigenvalue weighted by Gasteiger charge is 2.10. The van der Waals surface area contributed by atoms with Gasteiger partial charge in [0.05, 0.1) is 0 Å². The summed E-state index contributed by atoms with van der Waals surface area (Å²) in [6, 6.07) is 18.8. The van der Waals surface area contributed by atoms with E-state index in [0.717, 1.165) is 16.8 Å². The fourth-order valence-corrected chi connectivity index (χ4v) is 3.14. The SMILES string of the molecule is Cc1cc(C)cc(NC(=O)c2ccc(C(=O)NCCc3ccccc3F)cc2)c1. The quantitative estimate of drug-likeness (QED) is 0.643. The third-order valence-electron chi connectivity index (χ3n) is 4.53. The van der Waals surface area contributed by atoms with Gasteiger partial charge in [0, 0.05) is 23.4 Å². The number of aryl methyl sites for hydroxylation is 2. The number of benzene rings is 3. The predicted octanol–water partition coefficient (Wildman–Crippen LogP) is 4.67. The lowest BCUT2D eigenvalue weighted by atomic mass is 10.1. The first-order valence-electron chi connectivity index (χ1n) is 9.44. The van der Waals surface area contributed by atoms with Crippen LogP contribution >= 0.6 is 0 Å². The monoisotopic (exact) mass is 390 g/mol. The highest BCUT2D eigenvalue weighted by molar-refractivity contribution is 6.05. The minimum atomic E-state index is -0.277. The van der Waals surface area contributed by atoms with Gasteiger partial charge in [-0.2, -0.15) is 0 Å². The lowest BCUT2D eigenvalue weighted by Gasteiger charge is -2.09. The number of amides is 2. The van der Waals surface area contributed by atoms with Gasteiger partial charge in [0.2, 0.25) is 0 Å². The van der Waals surface area contributed by atoms with Crippen LogP contribution in [0.5, 0.6) is 0 Å². The molecule has 3 aromatic rings. The Morgan fingerprint density at radius 1 is 0.828 bits per heavy atom. The molecule has 0 aliphatic carbocycles. The minimum absolute atomic E-state index is 0.235. The van der Waals surface area contributed by atoms with Crippen LogP contribution < -0.4 is 10.6 Å². The van der Waals surface area contributed by atoms with Crippen molar-refractivity contribution < 1.29 is 14.0 Å². The van der Waals surface area contributed by atoms with Crippen LogP contribution in [-0.4, -0.2) is 18.4 Å². The third-order valence-corrected chi connectivity index (χ3v) is 4.53. The second kappa shape index (κ2) is 9.15. The molecule has 0 atom stereocenters. The molecule has 148 valence electrons. The molecule has 0 fully saturated rings. The third kappa shape index (κ3) is 5.51. The molecule has 4 nitrogen and oxygen atoms in total. The summed E-state index contributed by atoms with van der Waals surface area (Å²) < 4.78 is 13.6. The Morgan fingerprint density at radius 2 is 1.41 bits per heavy atom. The van der Waals surface area contributed by atoms with Crippen molar-refractivity contribution in [2.75, 3.05) is 11.9 Å². The lowest BCUT2D eigenvalue weighted by molar-refractivity contribution is 0.0952. The first-order chi connectivity index (χ1) is 13.9. The zero-order valence-corrected chi connectivity index (χ0v) is 16.5. The Hall–Kier alpha value is -3.47. The minimum Gasteiger partial charge on any atom is -0.352 e. The molecule has 0 unspecified atom stereocenters. The molecule has 0 aliphatic rings. The number of hydrogen-bond acceptors (Lipinski definition) is 2. The number of hydrogen-bond donors (Lipinski definition) is 2. The maximum absolute atomic E-state index is 13.6. The zero-order valence-electron chi connectivity index (χ0n) is 16.5. The molecule has 0 saturated carbocycles. The molecule has 0 bridgehead atoms. The molecule has 0 aromatic heterocycles. The van der Waals surface area contributed by atoms with Gasteiger partial charge in [0.15, 0.2) is 0 Å². The topological polar surface area (TPSA) is 58.2 Å². The summed E-state index contributed by atoms with van der Waals surface area (Å²) in [7, 11) is 0. The molecular formula is C24H23FN2O2. The number of nitrogens with one attached hydrogen (secondary N) is 2. The Balaban J connectivity index is 1.56. The van der Waals surface area contributed by atoms with E-state index in [1.165, 1.54) is 6.07 Å². The molecule has 0 aliphatic heterocycles. The van der Waals surface area contributed by atoms with Crippen molar-refractivity contribution in [3.8, 4) is 0 Å². The Morgan fingerprint density at radius 3 is 2.03 bits per heavy atom. The van der Waals surface area contributed by atoms with E-state index < -0.39 is 0 Å². The fourth-order valence-electron chi connectivity index (χ4n) is 3.14. The van der Waals surface area contributed by atoms with Gasteiger partial charge in [0.1, 0.15) is 5.82 Å². The summed E-state index contributed by atoms with van der Waals surface area (Å²) >= 11 is 0. The van der Waals surface area contributed by atoms with Gasteiger partial charge in [-0.1, -0.05) is 24.3 Å². The van der Waals surface area contributed by atoms with E-state index in [-0.39, 0.29) is 17.6 Å². The molecule has 3 rings (SSSR count). The summed E-state index contributed by atoms with van der Waals surface area (Å²) in [5, 5.41) is 5.64. The van der Waals surface area contributed by atoms with Crippen LogP contribution in [0.4, 0.5) is 10.1 Å². The van der Waals surface area contributed by atoms with Gasteiger partial charge in [-0.3, -0.25) is 9.59 Å². The largest absolute Gasteiger partial charge is 0.352 e. The summed E-state index contributed by atoms with van der Waals surface area (Å²) in [6.07, 6.45) is 0.412. The maximum atomic E-state index is 13.6. The average Bonchev–Trinajstić information content (AvgIpc) is 2.68. The molecule has 5 heteroatoms. The second-order valence-electron chi connectivity index (χ2n) is 7.01. The summed E-state index contributed by atoms with van der Waals surface area (Å²) in [4.78, 5) is 24.7. The van der Waals surface area contributed by atoms with Gasteiger partial charge in [-0.05, 0) is 79.4 Å². The van der Waals surface area contributed by atoms with E-state index in [2.05, 4.69) is 10.6 Å². The smallest absolute Gasteiger partial charge is 0.255 e. The molecular weight excluding hydrogens is 367 g/mol.